The number of thiazole rings is 1. The van der Waals surface area contributed by atoms with Crippen LogP contribution in [0.1, 0.15) is 54.2 Å². The zero-order valence-electron chi connectivity index (χ0n) is 19.7. The third-order valence-electron chi connectivity index (χ3n) is 7.22. The van der Waals surface area contributed by atoms with Crippen LogP contribution in [0.3, 0.4) is 0 Å². The first-order valence-corrected chi connectivity index (χ1v) is 13.2. The standard InChI is InChI=1S/C25H29N7O2S/c33-23-6-3-9-31(23)25-26-20(17-35-25)12-24(34)30-10-7-22(8-11-30)32-16-21(27-28-32)15-29-13-18-4-1-2-5-19(18)14-29/h1-2,4-5,16-17,22H,3,6-15H2. The van der Waals surface area contributed by atoms with E-state index in [1.54, 1.807) is 4.90 Å². The van der Waals surface area contributed by atoms with Crippen molar-refractivity contribution in [2.75, 3.05) is 24.5 Å². The Morgan fingerprint density at radius 1 is 1.06 bits per heavy atom. The number of aromatic nitrogens is 4. The molecule has 0 spiro atoms. The van der Waals surface area contributed by atoms with E-state index >= 15 is 0 Å². The van der Waals surface area contributed by atoms with Gasteiger partial charge in [0.05, 0.1) is 30.0 Å². The summed E-state index contributed by atoms with van der Waals surface area (Å²) in [4.78, 5) is 35.4. The van der Waals surface area contributed by atoms with E-state index in [0.29, 0.717) is 24.6 Å². The van der Waals surface area contributed by atoms with Crippen LogP contribution in [0.25, 0.3) is 0 Å². The predicted molar refractivity (Wildman–Crippen MR) is 132 cm³/mol. The van der Waals surface area contributed by atoms with Crippen molar-refractivity contribution in [3.63, 3.8) is 0 Å². The SMILES string of the molecule is O=C(Cc1csc(N2CCCC2=O)n1)N1CCC(n2cc(CN3Cc4ccccc4C3)nn2)CC1. The van der Waals surface area contributed by atoms with Gasteiger partial charge in [-0.05, 0) is 30.4 Å². The fourth-order valence-electron chi connectivity index (χ4n) is 5.31. The highest BCUT2D eigenvalue weighted by Crippen LogP contribution is 2.27. The van der Waals surface area contributed by atoms with Crippen LogP contribution in [0.4, 0.5) is 5.13 Å². The molecule has 3 aromatic rings. The molecule has 0 radical (unpaired) electrons. The maximum atomic E-state index is 12.9. The number of carbonyl (C=O) groups excluding carboxylic acids is 2. The molecule has 2 aromatic heterocycles. The molecule has 3 aliphatic heterocycles. The van der Waals surface area contributed by atoms with Crippen LogP contribution in [-0.2, 0) is 35.6 Å². The summed E-state index contributed by atoms with van der Waals surface area (Å²) in [5, 5.41) is 11.5. The molecule has 0 N–H and O–H groups in total. The molecule has 3 aliphatic rings. The van der Waals surface area contributed by atoms with Crippen molar-refractivity contribution in [2.24, 2.45) is 0 Å². The molecule has 0 bridgehead atoms. The molecular weight excluding hydrogens is 462 g/mol. The number of benzene rings is 1. The van der Waals surface area contributed by atoms with Gasteiger partial charge in [-0.3, -0.25) is 19.4 Å². The number of likely N-dealkylation sites (tertiary alicyclic amines) is 1. The first-order chi connectivity index (χ1) is 17.1. The minimum atomic E-state index is 0.0981. The van der Waals surface area contributed by atoms with Gasteiger partial charge in [0, 0.05) is 51.1 Å². The Kier molecular flexibility index (Phi) is 6.07. The summed E-state index contributed by atoms with van der Waals surface area (Å²) in [6.07, 6.45) is 5.56. The number of anilines is 1. The summed E-state index contributed by atoms with van der Waals surface area (Å²) < 4.78 is 1.99. The van der Waals surface area contributed by atoms with Crippen LogP contribution < -0.4 is 4.90 Å². The van der Waals surface area contributed by atoms with Gasteiger partial charge in [0.2, 0.25) is 11.8 Å². The Morgan fingerprint density at radius 3 is 2.54 bits per heavy atom. The first-order valence-electron chi connectivity index (χ1n) is 12.3. The summed E-state index contributed by atoms with van der Waals surface area (Å²) in [6, 6.07) is 8.86. The zero-order chi connectivity index (χ0) is 23.8. The average molecular weight is 492 g/mol. The highest BCUT2D eigenvalue weighted by Gasteiger charge is 2.27. The number of hydrogen-bond donors (Lipinski definition) is 0. The number of amides is 2. The number of nitrogens with zero attached hydrogens (tertiary/aromatic N) is 7. The second kappa shape index (κ2) is 9.50. The monoisotopic (exact) mass is 491 g/mol. The Hall–Kier alpha value is -3.11. The second-order valence-electron chi connectivity index (χ2n) is 9.66. The lowest BCUT2D eigenvalue weighted by Gasteiger charge is -2.31. The zero-order valence-corrected chi connectivity index (χ0v) is 20.5. The van der Waals surface area contributed by atoms with Crippen LogP contribution in [0.15, 0.2) is 35.8 Å². The molecule has 35 heavy (non-hydrogen) atoms. The second-order valence-corrected chi connectivity index (χ2v) is 10.5. The maximum absolute atomic E-state index is 12.9. The molecule has 2 amide bonds. The molecule has 0 atom stereocenters. The molecule has 9 nitrogen and oxygen atoms in total. The van der Waals surface area contributed by atoms with Gasteiger partial charge >= 0.3 is 0 Å². The molecule has 6 rings (SSSR count). The third kappa shape index (κ3) is 4.72. The topological polar surface area (TPSA) is 87.5 Å². The van der Waals surface area contributed by atoms with E-state index in [1.165, 1.54) is 22.5 Å². The molecule has 2 saturated heterocycles. The van der Waals surface area contributed by atoms with Gasteiger partial charge in [-0.15, -0.1) is 16.4 Å². The average Bonchev–Trinajstić information content (AvgIpc) is 3.66. The van der Waals surface area contributed by atoms with Gasteiger partial charge in [0.15, 0.2) is 5.13 Å². The fourth-order valence-corrected chi connectivity index (χ4v) is 6.18. The molecule has 1 aromatic carbocycles. The summed E-state index contributed by atoms with van der Waals surface area (Å²) in [5.41, 5.74) is 4.54. The number of rotatable bonds is 6. The van der Waals surface area contributed by atoms with Crippen LogP contribution in [0.2, 0.25) is 0 Å². The van der Waals surface area contributed by atoms with E-state index in [4.69, 9.17) is 0 Å². The van der Waals surface area contributed by atoms with Crippen LogP contribution in [-0.4, -0.2) is 61.2 Å². The Morgan fingerprint density at radius 2 is 1.83 bits per heavy atom. The van der Waals surface area contributed by atoms with Gasteiger partial charge in [-0.2, -0.15) is 0 Å². The van der Waals surface area contributed by atoms with E-state index < -0.39 is 0 Å². The lowest BCUT2D eigenvalue weighted by molar-refractivity contribution is -0.131. The quantitative estimate of drug-likeness (QED) is 0.527. The predicted octanol–water partition coefficient (Wildman–Crippen LogP) is 2.78. The fraction of sp³-hybridized carbons (Fsp3) is 0.480. The first kappa shape index (κ1) is 22.4. The number of fused-ring (bicyclic) bond motifs is 1. The summed E-state index contributed by atoms with van der Waals surface area (Å²) >= 11 is 1.45. The Balaban J connectivity index is 0.992. The number of hydrogen-bond acceptors (Lipinski definition) is 7. The van der Waals surface area contributed by atoms with Gasteiger partial charge < -0.3 is 4.90 Å². The van der Waals surface area contributed by atoms with Crippen molar-refractivity contribution in [1.29, 1.82) is 0 Å². The molecule has 0 aliphatic carbocycles. The van der Waals surface area contributed by atoms with Crippen molar-refractivity contribution in [1.82, 2.24) is 29.8 Å². The number of piperidine rings is 1. The molecule has 5 heterocycles. The minimum absolute atomic E-state index is 0.0981. The Labute approximate surface area is 208 Å². The van der Waals surface area contributed by atoms with Crippen molar-refractivity contribution in [3.8, 4) is 0 Å². The van der Waals surface area contributed by atoms with Crippen molar-refractivity contribution in [2.45, 2.75) is 57.8 Å². The van der Waals surface area contributed by atoms with Crippen molar-refractivity contribution >= 4 is 28.3 Å². The molecule has 2 fully saturated rings. The van der Waals surface area contributed by atoms with E-state index in [1.807, 2.05) is 15.0 Å². The molecule has 10 heteroatoms. The van der Waals surface area contributed by atoms with Gasteiger partial charge in [-0.25, -0.2) is 9.67 Å². The Bertz CT molecular complexity index is 1200. The van der Waals surface area contributed by atoms with E-state index in [0.717, 1.165) is 56.8 Å². The minimum Gasteiger partial charge on any atom is -0.342 e. The largest absolute Gasteiger partial charge is 0.342 e. The van der Waals surface area contributed by atoms with Crippen LogP contribution >= 0.6 is 11.3 Å². The summed E-state index contributed by atoms with van der Waals surface area (Å²) in [5.74, 6) is 0.224. The molecule has 182 valence electrons. The molecular formula is C25H29N7O2S. The van der Waals surface area contributed by atoms with E-state index in [2.05, 4.69) is 50.7 Å². The summed E-state index contributed by atoms with van der Waals surface area (Å²) in [7, 11) is 0. The third-order valence-corrected chi connectivity index (χ3v) is 8.13. The number of carbonyl (C=O) groups is 2. The van der Waals surface area contributed by atoms with E-state index in [-0.39, 0.29) is 24.3 Å². The van der Waals surface area contributed by atoms with Crippen LogP contribution in [0.5, 0.6) is 0 Å². The van der Waals surface area contributed by atoms with Gasteiger partial charge in [0.1, 0.15) is 0 Å². The van der Waals surface area contributed by atoms with Gasteiger partial charge in [0.25, 0.3) is 0 Å². The summed E-state index contributed by atoms with van der Waals surface area (Å²) in [6.45, 7) is 4.85. The van der Waals surface area contributed by atoms with Crippen LogP contribution in [0, 0.1) is 0 Å². The smallest absolute Gasteiger partial charge is 0.228 e. The lowest BCUT2D eigenvalue weighted by atomic mass is 10.0. The normalized spacial score (nSPS) is 19.0. The van der Waals surface area contributed by atoms with Crippen molar-refractivity contribution < 1.29 is 9.59 Å². The molecule has 0 saturated carbocycles. The van der Waals surface area contributed by atoms with Crippen molar-refractivity contribution in [3.05, 3.63) is 58.4 Å². The highest BCUT2D eigenvalue weighted by molar-refractivity contribution is 7.14. The maximum Gasteiger partial charge on any atom is 0.228 e. The molecule has 0 unspecified atom stereocenters. The van der Waals surface area contributed by atoms with Gasteiger partial charge in [-0.1, -0.05) is 29.5 Å². The highest BCUT2D eigenvalue weighted by atomic mass is 32.1. The lowest BCUT2D eigenvalue weighted by Crippen LogP contribution is -2.40. The van der Waals surface area contributed by atoms with E-state index in [9.17, 15) is 9.59 Å².